The van der Waals surface area contributed by atoms with Gasteiger partial charge in [0.2, 0.25) is 0 Å². The Morgan fingerprint density at radius 2 is 1.88 bits per heavy atom. The number of phenols is 1. The van der Waals surface area contributed by atoms with Gasteiger partial charge in [-0.3, -0.25) is 0 Å². The number of rotatable bonds is 3. The van der Waals surface area contributed by atoms with Gasteiger partial charge in [0.1, 0.15) is 5.75 Å². The van der Waals surface area contributed by atoms with E-state index in [1.165, 1.54) is 5.56 Å². The first-order valence-electron chi connectivity index (χ1n) is 5.29. The Bertz CT molecular complexity index is 500. The first-order chi connectivity index (χ1) is 7.81. The van der Waals surface area contributed by atoms with Crippen molar-refractivity contribution in [1.82, 2.24) is 0 Å². The Kier molecular flexibility index (Phi) is 3.06. The van der Waals surface area contributed by atoms with Crippen LogP contribution in [0, 0.1) is 0 Å². The van der Waals surface area contributed by atoms with Crippen LogP contribution in [0.4, 0.5) is 0 Å². The highest BCUT2D eigenvalue weighted by atomic mass is 16.3. The van der Waals surface area contributed by atoms with Crippen molar-refractivity contribution >= 4 is 0 Å². The SMILES string of the molecule is C=CCc1ccccc1-c1cccc(O)c1. The van der Waals surface area contributed by atoms with Gasteiger partial charge < -0.3 is 5.11 Å². The fourth-order valence-corrected chi connectivity index (χ4v) is 1.81. The van der Waals surface area contributed by atoms with Gasteiger partial charge in [-0.15, -0.1) is 6.58 Å². The number of aromatic hydroxyl groups is 1. The number of benzene rings is 2. The molecule has 80 valence electrons. The van der Waals surface area contributed by atoms with Crippen LogP contribution in [0.15, 0.2) is 61.2 Å². The Hall–Kier alpha value is -2.02. The average molecular weight is 210 g/mol. The summed E-state index contributed by atoms with van der Waals surface area (Å²) in [5.74, 6) is 0.297. The molecule has 1 nitrogen and oxygen atoms in total. The molecule has 0 spiro atoms. The molecule has 0 saturated heterocycles. The van der Waals surface area contributed by atoms with E-state index in [1.807, 2.05) is 30.3 Å². The zero-order valence-corrected chi connectivity index (χ0v) is 9.06. The summed E-state index contributed by atoms with van der Waals surface area (Å²) in [6, 6.07) is 15.5. The summed E-state index contributed by atoms with van der Waals surface area (Å²) in [6.45, 7) is 3.76. The molecule has 16 heavy (non-hydrogen) atoms. The summed E-state index contributed by atoms with van der Waals surface area (Å²) < 4.78 is 0. The highest BCUT2D eigenvalue weighted by molar-refractivity contribution is 5.68. The van der Waals surface area contributed by atoms with E-state index in [0.717, 1.165) is 17.5 Å². The van der Waals surface area contributed by atoms with Crippen LogP contribution >= 0.6 is 0 Å². The third-order valence-electron chi connectivity index (χ3n) is 2.54. The highest BCUT2D eigenvalue weighted by Gasteiger charge is 2.03. The number of phenolic OH excluding ortho intramolecular Hbond substituents is 1. The van der Waals surface area contributed by atoms with Crippen molar-refractivity contribution in [1.29, 1.82) is 0 Å². The highest BCUT2D eigenvalue weighted by Crippen LogP contribution is 2.26. The van der Waals surface area contributed by atoms with Crippen molar-refractivity contribution in [3.05, 3.63) is 66.7 Å². The Balaban J connectivity index is 2.50. The standard InChI is InChI=1S/C15H14O/c1-2-6-12-7-3-4-10-15(12)13-8-5-9-14(16)11-13/h2-5,7-11,16H,1,6H2. The summed E-state index contributed by atoms with van der Waals surface area (Å²) in [5.41, 5.74) is 3.42. The first-order valence-corrected chi connectivity index (χ1v) is 5.29. The summed E-state index contributed by atoms with van der Waals surface area (Å²) in [5, 5.41) is 9.48. The number of allylic oxidation sites excluding steroid dienone is 1. The third-order valence-corrected chi connectivity index (χ3v) is 2.54. The summed E-state index contributed by atoms with van der Waals surface area (Å²) in [6.07, 6.45) is 2.73. The average Bonchev–Trinajstić information content (AvgIpc) is 2.30. The molecular weight excluding hydrogens is 196 g/mol. The largest absolute Gasteiger partial charge is 0.508 e. The zero-order chi connectivity index (χ0) is 11.4. The second kappa shape index (κ2) is 4.67. The van der Waals surface area contributed by atoms with Crippen LogP contribution in [0.1, 0.15) is 5.56 Å². The summed E-state index contributed by atoms with van der Waals surface area (Å²) in [4.78, 5) is 0. The van der Waals surface area contributed by atoms with Crippen molar-refractivity contribution in [3.63, 3.8) is 0 Å². The Morgan fingerprint density at radius 1 is 1.06 bits per heavy atom. The molecule has 0 heterocycles. The van der Waals surface area contributed by atoms with Gasteiger partial charge in [0.25, 0.3) is 0 Å². The Morgan fingerprint density at radius 3 is 2.62 bits per heavy atom. The first kappa shape index (κ1) is 10.5. The van der Waals surface area contributed by atoms with Crippen LogP contribution in [0.5, 0.6) is 5.75 Å². The molecule has 0 bridgehead atoms. The predicted octanol–water partition coefficient (Wildman–Crippen LogP) is 3.79. The minimum absolute atomic E-state index is 0.297. The number of hydrogen-bond donors (Lipinski definition) is 1. The van der Waals surface area contributed by atoms with Crippen LogP contribution in [0.25, 0.3) is 11.1 Å². The molecule has 0 aliphatic carbocycles. The molecule has 0 fully saturated rings. The topological polar surface area (TPSA) is 20.2 Å². The number of hydrogen-bond acceptors (Lipinski definition) is 1. The van der Waals surface area contributed by atoms with Gasteiger partial charge in [0.15, 0.2) is 0 Å². The van der Waals surface area contributed by atoms with Gasteiger partial charge in [-0.05, 0) is 35.2 Å². The van der Waals surface area contributed by atoms with Crippen LogP contribution in [-0.2, 0) is 6.42 Å². The maximum atomic E-state index is 9.48. The smallest absolute Gasteiger partial charge is 0.116 e. The van der Waals surface area contributed by atoms with Crippen LogP contribution in [0.3, 0.4) is 0 Å². The molecule has 1 heteroatoms. The van der Waals surface area contributed by atoms with Gasteiger partial charge in [-0.2, -0.15) is 0 Å². The molecule has 0 saturated carbocycles. The van der Waals surface area contributed by atoms with Gasteiger partial charge in [0.05, 0.1) is 0 Å². The van der Waals surface area contributed by atoms with E-state index >= 15 is 0 Å². The molecule has 0 unspecified atom stereocenters. The fourth-order valence-electron chi connectivity index (χ4n) is 1.81. The van der Waals surface area contributed by atoms with E-state index in [1.54, 1.807) is 12.1 Å². The quantitative estimate of drug-likeness (QED) is 0.764. The summed E-state index contributed by atoms with van der Waals surface area (Å²) >= 11 is 0. The lowest BCUT2D eigenvalue weighted by molar-refractivity contribution is 0.475. The van der Waals surface area contributed by atoms with Gasteiger partial charge in [-0.1, -0.05) is 42.5 Å². The van der Waals surface area contributed by atoms with Gasteiger partial charge in [-0.25, -0.2) is 0 Å². The van der Waals surface area contributed by atoms with E-state index < -0.39 is 0 Å². The predicted molar refractivity (Wildman–Crippen MR) is 67.4 cm³/mol. The molecule has 2 rings (SSSR count). The van der Waals surface area contributed by atoms with Crippen LogP contribution in [-0.4, -0.2) is 5.11 Å². The molecule has 1 N–H and O–H groups in total. The van der Waals surface area contributed by atoms with Crippen molar-refractivity contribution in [2.45, 2.75) is 6.42 Å². The summed E-state index contributed by atoms with van der Waals surface area (Å²) in [7, 11) is 0. The van der Waals surface area contributed by atoms with E-state index in [2.05, 4.69) is 18.7 Å². The van der Waals surface area contributed by atoms with E-state index in [-0.39, 0.29) is 0 Å². The van der Waals surface area contributed by atoms with Crippen molar-refractivity contribution in [2.75, 3.05) is 0 Å². The second-order valence-corrected chi connectivity index (χ2v) is 3.70. The van der Waals surface area contributed by atoms with Crippen molar-refractivity contribution in [3.8, 4) is 16.9 Å². The lowest BCUT2D eigenvalue weighted by Gasteiger charge is -2.08. The van der Waals surface area contributed by atoms with E-state index in [0.29, 0.717) is 5.75 Å². The molecule has 2 aromatic rings. The van der Waals surface area contributed by atoms with Crippen molar-refractivity contribution in [2.24, 2.45) is 0 Å². The molecule has 0 atom stereocenters. The molecule has 0 aromatic heterocycles. The normalized spacial score (nSPS) is 10.0. The third kappa shape index (κ3) is 2.14. The molecule has 0 amide bonds. The lowest BCUT2D eigenvalue weighted by Crippen LogP contribution is -1.87. The molecule has 2 aromatic carbocycles. The van der Waals surface area contributed by atoms with Crippen LogP contribution in [0.2, 0.25) is 0 Å². The van der Waals surface area contributed by atoms with E-state index in [4.69, 9.17) is 0 Å². The van der Waals surface area contributed by atoms with Gasteiger partial charge >= 0.3 is 0 Å². The van der Waals surface area contributed by atoms with E-state index in [9.17, 15) is 5.11 Å². The second-order valence-electron chi connectivity index (χ2n) is 3.70. The molecule has 0 aliphatic rings. The molecule has 0 radical (unpaired) electrons. The lowest BCUT2D eigenvalue weighted by atomic mass is 9.98. The fraction of sp³-hybridized carbons (Fsp3) is 0.0667. The maximum Gasteiger partial charge on any atom is 0.116 e. The molecular formula is C15H14O. The monoisotopic (exact) mass is 210 g/mol. The Labute approximate surface area is 95.7 Å². The molecule has 0 aliphatic heterocycles. The minimum atomic E-state index is 0.297. The minimum Gasteiger partial charge on any atom is -0.508 e. The van der Waals surface area contributed by atoms with Crippen molar-refractivity contribution < 1.29 is 5.11 Å². The van der Waals surface area contributed by atoms with Crippen LogP contribution < -0.4 is 0 Å². The maximum absolute atomic E-state index is 9.48. The van der Waals surface area contributed by atoms with Gasteiger partial charge in [0, 0.05) is 0 Å². The zero-order valence-electron chi connectivity index (χ0n) is 9.06.